The Hall–Kier alpha value is -0.860. The predicted molar refractivity (Wildman–Crippen MR) is 70.8 cm³/mol. The first-order chi connectivity index (χ1) is 8.25. The Morgan fingerprint density at radius 1 is 1.24 bits per heavy atom. The maximum atomic E-state index is 6.21. The zero-order chi connectivity index (χ0) is 11.8. The molecular weight excluding hydrogens is 208 g/mol. The summed E-state index contributed by atoms with van der Waals surface area (Å²) < 4.78 is 0. The highest BCUT2D eigenvalue weighted by Crippen LogP contribution is 2.37. The molecule has 0 bridgehead atoms. The molecule has 0 amide bonds. The van der Waals surface area contributed by atoms with Gasteiger partial charge < -0.3 is 5.73 Å². The molecule has 2 heteroatoms. The van der Waals surface area contributed by atoms with Crippen molar-refractivity contribution >= 4 is 0 Å². The Kier molecular flexibility index (Phi) is 2.93. The number of benzene rings is 1. The van der Waals surface area contributed by atoms with Crippen molar-refractivity contribution in [3.63, 3.8) is 0 Å². The smallest absolute Gasteiger partial charge is 0.0354 e. The lowest BCUT2D eigenvalue weighted by Gasteiger charge is -2.39. The molecule has 3 rings (SSSR count). The zero-order valence-corrected chi connectivity index (χ0v) is 10.6. The van der Waals surface area contributed by atoms with Gasteiger partial charge in [-0.05, 0) is 42.9 Å². The minimum atomic E-state index is 0.358. The summed E-state index contributed by atoms with van der Waals surface area (Å²) >= 11 is 0. The van der Waals surface area contributed by atoms with E-state index in [0.717, 1.165) is 6.54 Å². The molecule has 17 heavy (non-hydrogen) atoms. The summed E-state index contributed by atoms with van der Waals surface area (Å²) in [6.07, 6.45) is 3.77. The molecule has 0 radical (unpaired) electrons. The second kappa shape index (κ2) is 4.43. The topological polar surface area (TPSA) is 29.3 Å². The quantitative estimate of drug-likeness (QED) is 0.802. The van der Waals surface area contributed by atoms with Crippen LogP contribution >= 0.6 is 0 Å². The van der Waals surface area contributed by atoms with Gasteiger partial charge in [0.15, 0.2) is 0 Å². The molecule has 1 heterocycles. The van der Waals surface area contributed by atoms with Crippen LogP contribution in [0.25, 0.3) is 0 Å². The van der Waals surface area contributed by atoms with E-state index in [1.807, 2.05) is 0 Å². The Morgan fingerprint density at radius 2 is 2.06 bits per heavy atom. The van der Waals surface area contributed by atoms with Gasteiger partial charge in [0.2, 0.25) is 0 Å². The molecule has 0 saturated carbocycles. The number of hydrogen-bond donors (Lipinski definition) is 1. The van der Waals surface area contributed by atoms with Gasteiger partial charge in [-0.2, -0.15) is 0 Å². The van der Waals surface area contributed by atoms with Crippen LogP contribution < -0.4 is 5.73 Å². The highest BCUT2D eigenvalue weighted by atomic mass is 15.2. The Bertz CT molecular complexity index is 402. The van der Waals surface area contributed by atoms with Gasteiger partial charge in [0, 0.05) is 18.6 Å². The van der Waals surface area contributed by atoms with Crippen molar-refractivity contribution in [3.8, 4) is 0 Å². The summed E-state index contributed by atoms with van der Waals surface area (Å²) in [7, 11) is 0. The second-order valence-electron chi connectivity index (χ2n) is 5.68. The van der Waals surface area contributed by atoms with Crippen molar-refractivity contribution in [2.45, 2.75) is 38.3 Å². The number of fused-ring (bicyclic) bond motifs is 1. The minimum Gasteiger partial charge on any atom is -0.326 e. The van der Waals surface area contributed by atoms with Crippen LogP contribution in [0.4, 0.5) is 0 Å². The number of hydrogen-bond acceptors (Lipinski definition) is 2. The average molecular weight is 230 g/mol. The number of rotatable bonds is 1. The first kappa shape index (κ1) is 11.2. The number of piperidine rings is 1. The summed E-state index contributed by atoms with van der Waals surface area (Å²) in [5.74, 6) is 0.683. The molecule has 2 N–H and O–H groups in total. The molecule has 0 spiro atoms. The van der Waals surface area contributed by atoms with E-state index in [2.05, 4.69) is 36.1 Å². The maximum Gasteiger partial charge on any atom is 0.0354 e. The van der Waals surface area contributed by atoms with E-state index in [1.54, 1.807) is 11.1 Å². The average Bonchev–Trinajstić information content (AvgIpc) is 2.76. The molecule has 1 aliphatic carbocycles. The molecule has 92 valence electrons. The predicted octanol–water partition coefficient (Wildman–Crippen LogP) is 2.34. The van der Waals surface area contributed by atoms with E-state index >= 15 is 0 Å². The Balaban J connectivity index is 1.78. The third kappa shape index (κ3) is 2.00. The van der Waals surface area contributed by atoms with Gasteiger partial charge in [0.05, 0.1) is 0 Å². The van der Waals surface area contributed by atoms with E-state index in [9.17, 15) is 0 Å². The fourth-order valence-corrected chi connectivity index (χ4v) is 3.32. The number of likely N-dealkylation sites (tertiary alicyclic amines) is 1. The molecule has 0 aromatic heterocycles. The summed E-state index contributed by atoms with van der Waals surface area (Å²) in [6.45, 7) is 4.57. The van der Waals surface area contributed by atoms with Crippen LogP contribution in [0.15, 0.2) is 24.3 Å². The van der Waals surface area contributed by atoms with E-state index in [0.29, 0.717) is 18.0 Å². The minimum absolute atomic E-state index is 0.358. The van der Waals surface area contributed by atoms with Crippen molar-refractivity contribution in [1.29, 1.82) is 0 Å². The molecule has 3 unspecified atom stereocenters. The van der Waals surface area contributed by atoms with Crippen molar-refractivity contribution < 1.29 is 0 Å². The fourth-order valence-electron chi connectivity index (χ4n) is 3.32. The molecule has 2 aliphatic rings. The van der Waals surface area contributed by atoms with Crippen LogP contribution in [-0.2, 0) is 6.42 Å². The van der Waals surface area contributed by atoms with Gasteiger partial charge in [-0.25, -0.2) is 0 Å². The van der Waals surface area contributed by atoms with Crippen LogP contribution in [0.3, 0.4) is 0 Å². The summed E-state index contributed by atoms with van der Waals surface area (Å²) in [5.41, 5.74) is 9.31. The Labute approximate surface area is 104 Å². The lowest BCUT2D eigenvalue weighted by Crippen LogP contribution is -2.48. The van der Waals surface area contributed by atoms with Gasteiger partial charge in [-0.1, -0.05) is 31.2 Å². The van der Waals surface area contributed by atoms with Crippen LogP contribution in [0.2, 0.25) is 0 Å². The number of nitrogens with zero attached hydrogens (tertiary/aromatic N) is 1. The molecule has 1 aliphatic heterocycles. The summed E-state index contributed by atoms with van der Waals surface area (Å²) in [6, 6.07) is 9.90. The SMILES string of the molecule is CC1CCN(C2CCc3ccccc32)CC1N. The molecule has 2 nitrogen and oxygen atoms in total. The Morgan fingerprint density at radius 3 is 2.88 bits per heavy atom. The summed E-state index contributed by atoms with van der Waals surface area (Å²) in [5, 5.41) is 0. The number of nitrogens with two attached hydrogens (primary N) is 1. The van der Waals surface area contributed by atoms with Crippen LogP contribution in [0.1, 0.15) is 36.9 Å². The first-order valence-corrected chi connectivity index (χ1v) is 6.83. The van der Waals surface area contributed by atoms with E-state index in [4.69, 9.17) is 5.73 Å². The third-order valence-corrected chi connectivity index (χ3v) is 4.59. The van der Waals surface area contributed by atoms with Gasteiger partial charge in [-0.15, -0.1) is 0 Å². The highest BCUT2D eigenvalue weighted by Gasteiger charge is 2.32. The summed E-state index contributed by atoms with van der Waals surface area (Å²) in [4.78, 5) is 2.61. The lowest BCUT2D eigenvalue weighted by atomic mass is 9.92. The monoisotopic (exact) mass is 230 g/mol. The van der Waals surface area contributed by atoms with Crippen LogP contribution in [-0.4, -0.2) is 24.0 Å². The van der Waals surface area contributed by atoms with Crippen LogP contribution in [0, 0.1) is 5.92 Å². The number of aryl methyl sites for hydroxylation is 1. The second-order valence-corrected chi connectivity index (χ2v) is 5.68. The van der Waals surface area contributed by atoms with Crippen molar-refractivity contribution in [1.82, 2.24) is 4.90 Å². The molecule has 1 saturated heterocycles. The van der Waals surface area contributed by atoms with Gasteiger partial charge >= 0.3 is 0 Å². The molecule has 1 fully saturated rings. The molecule has 1 aromatic rings. The lowest BCUT2D eigenvalue weighted by molar-refractivity contribution is 0.120. The molecule has 3 atom stereocenters. The maximum absolute atomic E-state index is 6.21. The zero-order valence-electron chi connectivity index (χ0n) is 10.6. The van der Waals surface area contributed by atoms with E-state index in [-0.39, 0.29) is 0 Å². The molecular formula is C15H22N2. The third-order valence-electron chi connectivity index (χ3n) is 4.59. The van der Waals surface area contributed by atoms with E-state index < -0.39 is 0 Å². The normalized spacial score (nSPS) is 33.6. The fraction of sp³-hybridized carbons (Fsp3) is 0.600. The largest absolute Gasteiger partial charge is 0.326 e. The van der Waals surface area contributed by atoms with Crippen molar-refractivity contribution in [2.24, 2.45) is 11.7 Å². The first-order valence-electron chi connectivity index (χ1n) is 6.83. The van der Waals surface area contributed by atoms with Gasteiger partial charge in [-0.3, -0.25) is 4.90 Å². The van der Waals surface area contributed by atoms with Crippen LogP contribution in [0.5, 0.6) is 0 Å². The standard InChI is InChI=1S/C15H22N2/c1-11-8-9-17(10-14(11)16)15-7-6-12-4-2-3-5-13(12)15/h2-5,11,14-15H,6-10,16H2,1H3. The highest BCUT2D eigenvalue weighted by molar-refractivity contribution is 5.34. The molecule has 1 aromatic carbocycles. The van der Waals surface area contributed by atoms with Crippen molar-refractivity contribution in [3.05, 3.63) is 35.4 Å². The van der Waals surface area contributed by atoms with Crippen molar-refractivity contribution in [2.75, 3.05) is 13.1 Å². The van der Waals surface area contributed by atoms with Gasteiger partial charge in [0.1, 0.15) is 0 Å². The van der Waals surface area contributed by atoms with E-state index in [1.165, 1.54) is 25.8 Å². The van der Waals surface area contributed by atoms with Gasteiger partial charge in [0.25, 0.3) is 0 Å².